The second-order valence-electron chi connectivity index (χ2n) is 6.66. The normalized spacial score (nSPS) is 22.1. The van der Waals surface area contributed by atoms with Crippen molar-refractivity contribution < 1.29 is 8.42 Å². The van der Waals surface area contributed by atoms with Crippen LogP contribution in [0.2, 0.25) is 0 Å². The Labute approximate surface area is 173 Å². The fourth-order valence-corrected chi connectivity index (χ4v) is 4.94. The van der Waals surface area contributed by atoms with Crippen molar-refractivity contribution in [1.29, 1.82) is 0 Å². The number of guanidine groups is 1. The summed E-state index contributed by atoms with van der Waals surface area (Å²) in [5, 5.41) is 6.44. The van der Waals surface area contributed by atoms with E-state index in [4.69, 9.17) is 0 Å². The van der Waals surface area contributed by atoms with Crippen LogP contribution in [0.25, 0.3) is 0 Å². The van der Waals surface area contributed by atoms with Crippen LogP contribution in [-0.2, 0) is 16.4 Å². The van der Waals surface area contributed by atoms with E-state index in [-0.39, 0.29) is 41.5 Å². The summed E-state index contributed by atoms with van der Waals surface area (Å²) in [4.78, 5) is 11.4. The molecule has 2 aliphatic rings. The zero-order valence-electron chi connectivity index (χ0n) is 15.1. The highest BCUT2D eigenvalue weighted by atomic mass is 127. The van der Waals surface area contributed by atoms with Crippen LogP contribution in [-0.4, -0.2) is 56.5 Å². The Bertz CT molecular complexity index is 720. The molecule has 9 heteroatoms. The Morgan fingerprint density at radius 1 is 1.38 bits per heavy atom. The highest BCUT2D eigenvalue weighted by Crippen LogP contribution is 2.18. The van der Waals surface area contributed by atoms with Crippen molar-refractivity contribution in [1.82, 2.24) is 15.6 Å². The Kier molecular flexibility index (Phi) is 7.93. The standard InChI is InChI=1S/C17H27N5O2S.HI/c1-2-18-17(21-15-6-10-25(23,24)13-15)20-12-14-5-7-19-16(11-14)22-8-3-4-9-22;/h5,7,11,15H,2-4,6,8-10,12-13H2,1H3,(H2,18,20,21);1H. The number of sulfone groups is 1. The van der Waals surface area contributed by atoms with Crippen molar-refractivity contribution >= 4 is 45.6 Å². The first-order chi connectivity index (χ1) is 12.1. The van der Waals surface area contributed by atoms with E-state index in [1.165, 1.54) is 12.8 Å². The van der Waals surface area contributed by atoms with Gasteiger partial charge in [-0.1, -0.05) is 0 Å². The second kappa shape index (κ2) is 9.72. The first-order valence-corrected chi connectivity index (χ1v) is 10.8. The maximum atomic E-state index is 11.6. The highest BCUT2D eigenvalue weighted by Gasteiger charge is 2.28. The third kappa shape index (κ3) is 5.97. The third-order valence-corrected chi connectivity index (χ3v) is 6.35. The van der Waals surface area contributed by atoms with Crippen molar-refractivity contribution in [3.63, 3.8) is 0 Å². The van der Waals surface area contributed by atoms with Crippen molar-refractivity contribution in [2.45, 2.75) is 38.8 Å². The van der Waals surface area contributed by atoms with Crippen LogP contribution >= 0.6 is 24.0 Å². The van der Waals surface area contributed by atoms with Crippen LogP contribution in [0.5, 0.6) is 0 Å². The summed E-state index contributed by atoms with van der Waals surface area (Å²) in [5.41, 5.74) is 1.10. The van der Waals surface area contributed by atoms with Crippen LogP contribution in [0, 0.1) is 0 Å². The van der Waals surface area contributed by atoms with Gasteiger partial charge in [-0.3, -0.25) is 0 Å². The summed E-state index contributed by atoms with van der Waals surface area (Å²) in [6, 6.07) is 4.02. The van der Waals surface area contributed by atoms with Gasteiger partial charge < -0.3 is 15.5 Å². The molecule has 0 spiro atoms. The molecule has 146 valence electrons. The Balaban J connectivity index is 0.00000243. The predicted molar refractivity (Wildman–Crippen MR) is 116 cm³/mol. The van der Waals surface area contributed by atoms with Gasteiger partial charge >= 0.3 is 0 Å². The SMILES string of the molecule is CCNC(=NCc1ccnc(N2CCCC2)c1)NC1CCS(=O)(=O)C1.I. The molecule has 0 saturated carbocycles. The maximum Gasteiger partial charge on any atom is 0.191 e. The molecule has 0 aliphatic carbocycles. The summed E-state index contributed by atoms with van der Waals surface area (Å²) < 4.78 is 23.2. The molecule has 7 nitrogen and oxygen atoms in total. The van der Waals surface area contributed by atoms with Crippen molar-refractivity contribution in [2.75, 3.05) is 36.0 Å². The van der Waals surface area contributed by atoms with Gasteiger partial charge in [0.2, 0.25) is 0 Å². The van der Waals surface area contributed by atoms with E-state index in [0.29, 0.717) is 18.9 Å². The number of rotatable bonds is 5. The van der Waals surface area contributed by atoms with Crippen LogP contribution in [0.3, 0.4) is 0 Å². The van der Waals surface area contributed by atoms with E-state index < -0.39 is 9.84 Å². The van der Waals surface area contributed by atoms with Crippen molar-refractivity contribution in [3.05, 3.63) is 23.9 Å². The molecule has 2 fully saturated rings. The zero-order valence-corrected chi connectivity index (χ0v) is 18.3. The maximum absolute atomic E-state index is 11.6. The molecule has 2 saturated heterocycles. The van der Waals surface area contributed by atoms with E-state index in [1.54, 1.807) is 0 Å². The lowest BCUT2D eigenvalue weighted by atomic mass is 10.2. The van der Waals surface area contributed by atoms with E-state index in [2.05, 4.69) is 31.6 Å². The van der Waals surface area contributed by atoms with Crippen LogP contribution < -0.4 is 15.5 Å². The number of aromatic nitrogens is 1. The molecule has 1 atom stereocenters. The lowest BCUT2D eigenvalue weighted by Gasteiger charge is -2.17. The lowest BCUT2D eigenvalue weighted by molar-refractivity contribution is 0.599. The van der Waals surface area contributed by atoms with Gasteiger partial charge in [0.25, 0.3) is 0 Å². The molecule has 0 radical (unpaired) electrons. The van der Waals surface area contributed by atoms with E-state index in [9.17, 15) is 8.42 Å². The first-order valence-electron chi connectivity index (χ1n) is 9.01. The van der Waals surface area contributed by atoms with Gasteiger partial charge in [-0.15, -0.1) is 24.0 Å². The minimum atomic E-state index is -2.90. The van der Waals surface area contributed by atoms with Gasteiger partial charge in [-0.05, 0) is 43.9 Å². The number of aliphatic imine (C=N–C) groups is 1. The number of pyridine rings is 1. The Morgan fingerprint density at radius 2 is 2.15 bits per heavy atom. The largest absolute Gasteiger partial charge is 0.357 e. The molecule has 0 aromatic carbocycles. The summed E-state index contributed by atoms with van der Waals surface area (Å²) in [7, 11) is -2.90. The molecule has 1 aromatic rings. The van der Waals surface area contributed by atoms with Gasteiger partial charge in [0.15, 0.2) is 15.8 Å². The molecular formula is C17H28IN5O2S. The summed E-state index contributed by atoms with van der Waals surface area (Å²) in [6.07, 6.45) is 4.93. The fraction of sp³-hybridized carbons (Fsp3) is 0.647. The fourth-order valence-electron chi connectivity index (χ4n) is 3.27. The second-order valence-corrected chi connectivity index (χ2v) is 8.88. The smallest absolute Gasteiger partial charge is 0.191 e. The number of anilines is 1. The summed E-state index contributed by atoms with van der Waals surface area (Å²) in [6.45, 7) is 5.42. The van der Waals surface area contributed by atoms with Gasteiger partial charge in [0, 0.05) is 31.9 Å². The molecule has 2 aliphatic heterocycles. The van der Waals surface area contributed by atoms with E-state index >= 15 is 0 Å². The molecule has 26 heavy (non-hydrogen) atoms. The van der Waals surface area contributed by atoms with Crippen LogP contribution in [0.1, 0.15) is 31.7 Å². The average Bonchev–Trinajstić information content (AvgIpc) is 3.23. The number of nitrogens with one attached hydrogen (secondary N) is 2. The van der Waals surface area contributed by atoms with E-state index in [1.807, 2.05) is 19.2 Å². The minimum absolute atomic E-state index is 0. The molecule has 0 bridgehead atoms. The number of halogens is 1. The molecule has 2 N–H and O–H groups in total. The predicted octanol–water partition coefficient (Wildman–Crippen LogP) is 1.54. The molecule has 0 amide bonds. The highest BCUT2D eigenvalue weighted by molar-refractivity contribution is 14.0. The molecule has 3 heterocycles. The molecule has 3 rings (SSSR count). The third-order valence-electron chi connectivity index (χ3n) is 4.58. The molecule has 1 unspecified atom stereocenters. The number of hydrogen-bond donors (Lipinski definition) is 2. The minimum Gasteiger partial charge on any atom is -0.357 e. The summed E-state index contributed by atoms with van der Waals surface area (Å²) >= 11 is 0. The van der Waals surface area contributed by atoms with Gasteiger partial charge in [0.1, 0.15) is 5.82 Å². The number of nitrogens with zero attached hydrogens (tertiary/aromatic N) is 3. The van der Waals surface area contributed by atoms with Crippen molar-refractivity contribution in [2.24, 2.45) is 4.99 Å². The van der Waals surface area contributed by atoms with Gasteiger partial charge in [-0.25, -0.2) is 18.4 Å². The quantitative estimate of drug-likeness (QED) is 0.368. The van der Waals surface area contributed by atoms with Crippen molar-refractivity contribution in [3.8, 4) is 0 Å². The van der Waals surface area contributed by atoms with Crippen LogP contribution in [0.4, 0.5) is 5.82 Å². The van der Waals surface area contributed by atoms with Gasteiger partial charge in [-0.2, -0.15) is 0 Å². The average molecular weight is 493 g/mol. The van der Waals surface area contributed by atoms with E-state index in [0.717, 1.165) is 31.0 Å². The van der Waals surface area contributed by atoms with Gasteiger partial charge in [0.05, 0.1) is 18.1 Å². The molecular weight excluding hydrogens is 465 g/mol. The topological polar surface area (TPSA) is 86.7 Å². The van der Waals surface area contributed by atoms with Crippen LogP contribution in [0.15, 0.2) is 23.3 Å². The Hall–Kier alpha value is -1.10. The number of hydrogen-bond acceptors (Lipinski definition) is 5. The first kappa shape index (κ1) is 21.2. The lowest BCUT2D eigenvalue weighted by Crippen LogP contribution is -2.44. The zero-order chi connectivity index (χ0) is 17.7. The molecule has 1 aromatic heterocycles. The monoisotopic (exact) mass is 493 g/mol. The Morgan fingerprint density at radius 3 is 2.81 bits per heavy atom. The summed E-state index contributed by atoms with van der Waals surface area (Å²) in [5.74, 6) is 2.13.